The molecule has 306 valence electrons. The number of hydrogen-bond acceptors (Lipinski definition) is 9. The molecule has 2 aromatic carbocycles. The molecule has 12 nitrogen and oxygen atoms in total. The van der Waals surface area contributed by atoms with Crippen molar-refractivity contribution in [3.63, 3.8) is 0 Å². The first-order valence-corrected chi connectivity index (χ1v) is 22.4. The predicted octanol–water partition coefficient (Wildman–Crippen LogP) is 7.12. The third kappa shape index (κ3) is 8.13. The molecule has 4 aromatic rings. The first-order valence-electron chi connectivity index (χ1n) is 19.9. The Morgan fingerprint density at radius 2 is 1.81 bits per heavy atom. The minimum Gasteiger partial charge on any atom is -0.465 e. The molecule has 3 saturated heterocycles. The van der Waals surface area contributed by atoms with E-state index < -0.39 is 43.4 Å². The molecule has 5 heterocycles. The van der Waals surface area contributed by atoms with E-state index in [9.17, 15) is 28.1 Å². The molecule has 8 atom stereocenters. The maximum Gasteiger partial charge on any atom is 0.355 e. The number of nitrogens with one attached hydrogen (secondary N) is 2. The number of alkyl halides is 1. The number of aromatic nitrogens is 1. The molecule has 16 heteroatoms. The second kappa shape index (κ2) is 16.5. The van der Waals surface area contributed by atoms with E-state index in [1.807, 2.05) is 6.92 Å². The quantitative estimate of drug-likeness (QED) is 0.106. The van der Waals surface area contributed by atoms with Crippen LogP contribution < -0.4 is 14.9 Å². The number of benzene rings is 2. The van der Waals surface area contributed by atoms with Gasteiger partial charge < -0.3 is 24.4 Å². The first kappa shape index (κ1) is 40.1. The fourth-order valence-corrected chi connectivity index (χ4v) is 11.4. The van der Waals surface area contributed by atoms with Gasteiger partial charge in [0.1, 0.15) is 29.7 Å². The van der Waals surface area contributed by atoms with Gasteiger partial charge in [-0.2, -0.15) is 0 Å². The van der Waals surface area contributed by atoms with E-state index in [-0.39, 0.29) is 47.5 Å². The Bertz CT molecular complexity index is 2260. The summed E-state index contributed by atoms with van der Waals surface area (Å²) in [4.78, 5) is 62.4. The van der Waals surface area contributed by atoms with Gasteiger partial charge in [0.2, 0.25) is 17.7 Å². The van der Waals surface area contributed by atoms with Crippen molar-refractivity contribution < 1.29 is 41.8 Å². The van der Waals surface area contributed by atoms with Crippen molar-refractivity contribution in [1.29, 1.82) is 0 Å². The third-order valence-corrected chi connectivity index (χ3v) is 15.0. The fraction of sp³-hybridized carbons (Fsp3) is 0.452. The molecular formula is C42H46F2N5O7PS. The van der Waals surface area contributed by atoms with Crippen LogP contribution in [-0.2, 0) is 23.7 Å². The molecule has 1 saturated carbocycles. The Balaban J connectivity index is 0.975. The average Bonchev–Trinajstić information content (AvgIpc) is 3.55. The second-order valence-corrected chi connectivity index (χ2v) is 19.0. The van der Waals surface area contributed by atoms with E-state index >= 15 is 4.39 Å². The van der Waals surface area contributed by atoms with Crippen LogP contribution in [0.4, 0.5) is 8.78 Å². The van der Waals surface area contributed by atoms with Gasteiger partial charge in [-0.25, -0.2) is 13.9 Å². The zero-order chi connectivity index (χ0) is 40.7. The summed E-state index contributed by atoms with van der Waals surface area (Å²) in [5.74, 6) is -3.40. The maximum atomic E-state index is 16.5. The molecule has 58 heavy (non-hydrogen) atoms. The number of pyridine rings is 1. The minimum absolute atomic E-state index is 0.0167. The van der Waals surface area contributed by atoms with Gasteiger partial charge in [-0.15, -0.1) is 11.3 Å². The molecule has 0 spiro atoms. The number of esters is 1. The van der Waals surface area contributed by atoms with Crippen molar-refractivity contribution in [2.24, 2.45) is 11.8 Å². The second-order valence-electron chi connectivity index (χ2n) is 15.8. The Labute approximate surface area is 339 Å². The molecule has 8 rings (SSSR count). The van der Waals surface area contributed by atoms with Gasteiger partial charge in [0, 0.05) is 47.7 Å². The standard InChI is InChI=1S/C42H46F2N5O7PS/c1-3-15-55-42(53)24(2)47-57(54,56-31-7-5-4-6-8-31)38(44)25-9-12-36-28(16-25)20-37(58-36)39(50)46-34-19-27-17-26(27)18-30-10-11-35(49(30)40(34)51)41(52)48-22-29(23-48)32-21-45-14-13-33(32)43/h4-9,12-14,16,20-21,24,26-27,29-30,34-35,38H,3,10-11,15,17-19,22-23H2,1-2H3,(H,46,50)(H,47,54)/t24-,26-,27+,30+,34-,35-,38?,57?/m0/s1. The molecular weight excluding hydrogens is 788 g/mol. The number of thiophene rings is 1. The fourth-order valence-electron chi connectivity index (χ4n) is 8.56. The Morgan fingerprint density at radius 1 is 1.03 bits per heavy atom. The van der Waals surface area contributed by atoms with E-state index in [0.717, 1.165) is 12.8 Å². The number of rotatable bonds is 13. The van der Waals surface area contributed by atoms with E-state index in [4.69, 9.17) is 9.26 Å². The van der Waals surface area contributed by atoms with Gasteiger partial charge in [-0.3, -0.25) is 28.7 Å². The molecule has 4 aliphatic rings. The summed E-state index contributed by atoms with van der Waals surface area (Å²) in [5.41, 5.74) is 0.496. The molecule has 3 amide bonds. The zero-order valence-electron chi connectivity index (χ0n) is 32.2. The lowest BCUT2D eigenvalue weighted by Gasteiger charge is -2.43. The van der Waals surface area contributed by atoms with Crippen LogP contribution in [0.5, 0.6) is 5.75 Å². The molecule has 2 N–H and O–H groups in total. The lowest BCUT2D eigenvalue weighted by Crippen LogP contribution is -2.59. The monoisotopic (exact) mass is 833 g/mol. The summed E-state index contributed by atoms with van der Waals surface area (Å²) in [6.07, 6.45) is 6.98. The third-order valence-electron chi connectivity index (χ3n) is 11.8. The number of hydrogen-bond donors (Lipinski definition) is 2. The molecule has 1 aliphatic carbocycles. The summed E-state index contributed by atoms with van der Waals surface area (Å²) in [6.45, 7) is 4.13. The first-order chi connectivity index (χ1) is 27.9. The number of fused-ring (bicyclic) bond motifs is 3. The van der Waals surface area contributed by atoms with Gasteiger partial charge in [0.25, 0.3) is 5.91 Å². The number of likely N-dealkylation sites (tertiary alicyclic amines) is 1. The summed E-state index contributed by atoms with van der Waals surface area (Å²) < 4.78 is 56.8. The highest BCUT2D eigenvalue weighted by Crippen LogP contribution is 2.58. The number of para-hydroxylation sites is 1. The number of nitrogens with zero attached hydrogens (tertiary/aromatic N) is 3. The van der Waals surface area contributed by atoms with Crippen molar-refractivity contribution in [1.82, 2.24) is 25.2 Å². The highest BCUT2D eigenvalue weighted by molar-refractivity contribution is 7.57. The highest BCUT2D eigenvalue weighted by atomic mass is 32.1. The van der Waals surface area contributed by atoms with Gasteiger partial charge >= 0.3 is 13.5 Å². The van der Waals surface area contributed by atoms with E-state index in [2.05, 4.69) is 15.4 Å². The van der Waals surface area contributed by atoms with Crippen LogP contribution in [0.2, 0.25) is 0 Å². The smallest absolute Gasteiger partial charge is 0.355 e. The van der Waals surface area contributed by atoms with Crippen molar-refractivity contribution >= 4 is 52.6 Å². The SMILES string of the molecule is CCCOC(=O)[C@H](C)NP(=O)(Oc1ccccc1)C(F)c1ccc2sc(C(=O)N[C@H]3C[C@H]4C[C@H]4C[C@H]4CC[C@@H](C(=O)N5CC(c6cnccc6F)C5)N4C3=O)cc2c1. The van der Waals surface area contributed by atoms with Gasteiger partial charge in [-0.05, 0) is 105 Å². The summed E-state index contributed by atoms with van der Waals surface area (Å²) in [5, 5.41) is 6.09. The van der Waals surface area contributed by atoms with Crippen LogP contribution in [0, 0.1) is 17.7 Å². The molecule has 2 unspecified atom stereocenters. The topological polar surface area (TPSA) is 147 Å². The molecule has 2 aromatic heterocycles. The molecule has 3 aliphatic heterocycles. The normalized spacial score (nSPS) is 25.0. The molecule has 0 radical (unpaired) electrons. The van der Waals surface area contributed by atoms with Crippen LogP contribution in [-0.4, -0.2) is 82.3 Å². The number of carbonyl (C=O) groups excluding carboxylic acids is 4. The Kier molecular flexibility index (Phi) is 11.4. The van der Waals surface area contributed by atoms with E-state index in [0.29, 0.717) is 71.1 Å². The number of ether oxygens (including phenoxy) is 1. The average molecular weight is 834 g/mol. The molecule has 0 bridgehead atoms. The van der Waals surface area contributed by atoms with Crippen molar-refractivity contribution in [2.75, 3.05) is 19.7 Å². The summed E-state index contributed by atoms with van der Waals surface area (Å²) >= 11 is 1.18. The Morgan fingerprint density at radius 3 is 2.57 bits per heavy atom. The van der Waals surface area contributed by atoms with Gasteiger partial charge in [0.15, 0.2) is 0 Å². The van der Waals surface area contributed by atoms with Crippen LogP contribution in [0.1, 0.15) is 85.0 Å². The minimum atomic E-state index is -4.45. The van der Waals surface area contributed by atoms with Crippen LogP contribution in [0.3, 0.4) is 0 Å². The lowest BCUT2D eigenvalue weighted by atomic mass is 9.91. The van der Waals surface area contributed by atoms with E-state index in [1.165, 1.54) is 61.0 Å². The predicted molar refractivity (Wildman–Crippen MR) is 213 cm³/mol. The van der Waals surface area contributed by atoms with Crippen molar-refractivity contribution in [3.05, 3.63) is 94.9 Å². The molecule has 4 fully saturated rings. The maximum absolute atomic E-state index is 16.5. The highest BCUT2D eigenvalue weighted by Gasteiger charge is 2.52. The number of halogens is 2. The lowest BCUT2D eigenvalue weighted by molar-refractivity contribution is -0.149. The van der Waals surface area contributed by atoms with Crippen LogP contribution in [0.25, 0.3) is 10.1 Å². The number of amides is 3. The van der Waals surface area contributed by atoms with Crippen molar-refractivity contribution in [2.45, 2.75) is 88.4 Å². The summed E-state index contributed by atoms with van der Waals surface area (Å²) in [7, 11) is -4.45. The van der Waals surface area contributed by atoms with Crippen LogP contribution >= 0.6 is 18.9 Å². The zero-order valence-corrected chi connectivity index (χ0v) is 33.9. The van der Waals surface area contributed by atoms with Gasteiger partial charge in [-0.1, -0.05) is 31.2 Å². The van der Waals surface area contributed by atoms with Crippen molar-refractivity contribution in [3.8, 4) is 5.75 Å². The number of carbonyl (C=O) groups is 4. The summed E-state index contributed by atoms with van der Waals surface area (Å²) in [6, 6.07) is 12.9. The largest absolute Gasteiger partial charge is 0.465 e. The van der Waals surface area contributed by atoms with E-state index in [1.54, 1.807) is 40.1 Å². The Hall–Kier alpha value is -4.72. The van der Waals surface area contributed by atoms with Crippen LogP contribution in [0.15, 0.2) is 73.1 Å². The van der Waals surface area contributed by atoms with Gasteiger partial charge in [0.05, 0.1) is 11.5 Å².